The number of nitrogens with two attached hydrogens (primary N) is 1. The zero-order valence-electron chi connectivity index (χ0n) is 11.8. The molecular weight excluding hydrogens is 232 g/mol. The number of carboxylic acids is 1. The second-order valence-corrected chi connectivity index (χ2v) is 5.13. The van der Waals surface area contributed by atoms with Crippen LogP contribution in [0.2, 0.25) is 0 Å². The standard InChI is InChI=1S/C13H26N2O3/c1-5-15(10(4)7-12(16)17)13(18)11(8-14)6-9(2)3/h9-11H,5-8,14H2,1-4H3,(H,16,17). The molecule has 0 bridgehead atoms. The van der Waals surface area contributed by atoms with Crippen LogP contribution in [0.1, 0.15) is 40.5 Å². The Labute approximate surface area is 109 Å². The van der Waals surface area contributed by atoms with Gasteiger partial charge in [-0.3, -0.25) is 9.59 Å². The molecule has 18 heavy (non-hydrogen) atoms. The number of carbonyl (C=O) groups is 2. The van der Waals surface area contributed by atoms with E-state index in [1.54, 1.807) is 11.8 Å². The van der Waals surface area contributed by atoms with Crippen molar-refractivity contribution in [2.45, 2.75) is 46.6 Å². The molecule has 0 radical (unpaired) electrons. The van der Waals surface area contributed by atoms with E-state index < -0.39 is 5.97 Å². The summed E-state index contributed by atoms with van der Waals surface area (Å²) in [5, 5.41) is 8.79. The Kier molecular flexibility index (Phi) is 7.59. The minimum atomic E-state index is -0.887. The summed E-state index contributed by atoms with van der Waals surface area (Å²) in [5.74, 6) is -0.721. The maximum absolute atomic E-state index is 12.3. The van der Waals surface area contributed by atoms with E-state index in [0.717, 1.165) is 6.42 Å². The van der Waals surface area contributed by atoms with Crippen molar-refractivity contribution in [1.82, 2.24) is 4.90 Å². The molecule has 0 saturated heterocycles. The van der Waals surface area contributed by atoms with Crippen LogP contribution < -0.4 is 5.73 Å². The van der Waals surface area contributed by atoms with E-state index in [1.165, 1.54) is 0 Å². The van der Waals surface area contributed by atoms with E-state index >= 15 is 0 Å². The average molecular weight is 258 g/mol. The number of carboxylic acid groups (broad SMARTS) is 1. The maximum atomic E-state index is 12.3. The zero-order chi connectivity index (χ0) is 14.3. The van der Waals surface area contributed by atoms with Gasteiger partial charge in [0.2, 0.25) is 5.91 Å². The first-order valence-corrected chi connectivity index (χ1v) is 6.55. The molecule has 2 unspecified atom stereocenters. The van der Waals surface area contributed by atoms with Crippen molar-refractivity contribution >= 4 is 11.9 Å². The van der Waals surface area contributed by atoms with Gasteiger partial charge >= 0.3 is 5.97 Å². The fraction of sp³-hybridized carbons (Fsp3) is 0.846. The van der Waals surface area contributed by atoms with E-state index in [9.17, 15) is 9.59 Å². The molecular formula is C13H26N2O3. The minimum absolute atomic E-state index is 0.0255. The SMILES string of the molecule is CCN(C(=O)C(CN)CC(C)C)C(C)CC(=O)O. The first kappa shape index (κ1) is 16.9. The molecule has 0 aliphatic carbocycles. The first-order valence-electron chi connectivity index (χ1n) is 6.55. The summed E-state index contributed by atoms with van der Waals surface area (Å²) in [6.45, 7) is 8.55. The van der Waals surface area contributed by atoms with Crippen LogP contribution in [-0.4, -0.2) is 41.0 Å². The smallest absolute Gasteiger partial charge is 0.305 e. The van der Waals surface area contributed by atoms with Gasteiger partial charge in [0.1, 0.15) is 0 Å². The highest BCUT2D eigenvalue weighted by Gasteiger charge is 2.27. The van der Waals surface area contributed by atoms with Crippen molar-refractivity contribution in [2.24, 2.45) is 17.6 Å². The molecule has 0 saturated carbocycles. The summed E-state index contributed by atoms with van der Waals surface area (Å²) in [7, 11) is 0. The quantitative estimate of drug-likeness (QED) is 0.687. The van der Waals surface area contributed by atoms with Gasteiger partial charge in [0, 0.05) is 19.1 Å². The van der Waals surface area contributed by atoms with Gasteiger partial charge in [-0.2, -0.15) is 0 Å². The van der Waals surface area contributed by atoms with E-state index in [2.05, 4.69) is 0 Å². The molecule has 0 spiro atoms. The molecule has 0 fully saturated rings. The van der Waals surface area contributed by atoms with Gasteiger partial charge in [0.25, 0.3) is 0 Å². The molecule has 0 aromatic rings. The third kappa shape index (κ3) is 5.49. The van der Waals surface area contributed by atoms with Crippen LogP contribution >= 0.6 is 0 Å². The van der Waals surface area contributed by atoms with Crippen molar-refractivity contribution in [3.8, 4) is 0 Å². The van der Waals surface area contributed by atoms with E-state index in [-0.39, 0.29) is 24.3 Å². The van der Waals surface area contributed by atoms with Gasteiger partial charge in [-0.25, -0.2) is 0 Å². The summed E-state index contributed by atoms with van der Waals surface area (Å²) in [4.78, 5) is 24.6. The topological polar surface area (TPSA) is 83.6 Å². The Morgan fingerprint density at radius 2 is 1.83 bits per heavy atom. The van der Waals surface area contributed by atoms with Gasteiger partial charge < -0.3 is 15.7 Å². The van der Waals surface area contributed by atoms with E-state index in [0.29, 0.717) is 19.0 Å². The first-order chi connectivity index (χ1) is 8.33. The summed E-state index contributed by atoms with van der Waals surface area (Å²) < 4.78 is 0. The highest BCUT2D eigenvalue weighted by atomic mass is 16.4. The Balaban J connectivity index is 4.70. The van der Waals surface area contributed by atoms with Crippen molar-refractivity contribution < 1.29 is 14.7 Å². The third-order valence-electron chi connectivity index (χ3n) is 3.02. The molecule has 106 valence electrons. The molecule has 5 heteroatoms. The highest BCUT2D eigenvalue weighted by molar-refractivity contribution is 5.80. The fourth-order valence-corrected chi connectivity index (χ4v) is 2.15. The monoisotopic (exact) mass is 258 g/mol. The van der Waals surface area contributed by atoms with Crippen LogP contribution in [0.4, 0.5) is 0 Å². The van der Waals surface area contributed by atoms with Crippen LogP contribution in [0.15, 0.2) is 0 Å². The Morgan fingerprint density at radius 3 is 2.17 bits per heavy atom. The minimum Gasteiger partial charge on any atom is -0.481 e. The predicted molar refractivity (Wildman–Crippen MR) is 71.1 cm³/mol. The molecule has 0 heterocycles. The number of rotatable bonds is 8. The lowest BCUT2D eigenvalue weighted by Crippen LogP contribution is -2.45. The lowest BCUT2D eigenvalue weighted by atomic mass is 9.95. The molecule has 0 rings (SSSR count). The molecule has 5 nitrogen and oxygen atoms in total. The largest absolute Gasteiger partial charge is 0.481 e. The van der Waals surface area contributed by atoms with Gasteiger partial charge in [0.15, 0.2) is 0 Å². The number of nitrogens with zero attached hydrogens (tertiary/aromatic N) is 1. The van der Waals surface area contributed by atoms with Crippen LogP contribution in [0, 0.1) is 11.8 Å². The van der Waals surface area contributed by atoms with E-state index in [4.69, 9.17) is 10.8 Å². The highest BCUT2D eigenvalue weighted by Crippen LogP contribution is 2.16. The summed E-state index contributed by atoms with van der Waals surface area (Å²) >= 11 is 0. The predicted octanol–water partition coefficient (Wildman–Crippen LogP) is 1.32. The molecule has 0 aliphatic heterocycles. The molecule has 3 N–H and O–H groups in total. The van der Waals surface area contributed by atoms with Crippen LogP contribution in [0.3, 0.4) is 0 Å². The number of carbonyl (C=O) groups excluding carboxylic acids is 1. The summed E-state index contributed by atoms with van der Waals surface area (Å²) in [5.41, 5.74) is 5.65. The third-order valence-corrected chi connectivity index (χ3v) is 3.02. The Morgan fingerprint density at radius 1 is 1.28 bits per heavy atom. The van der Waals surface area contributed by atoms with E-state index in [1.807, 2.05) is 20.8 Å². The van der Waals surface area contributed by atoms with Crippen LogP contribution in [0.5, 0.6) is 0 Å². The normalized spacial score (nSPS) is 14.3. The molecule has 1 amide bonds. The summed E-state index contributed by atoms with van der Waals surface area (Å²) in [6.07, 6.45) is 0.712. The zero-order valence-corrected chi connectivity index (χ0v) is 11.8. The molecule has 0 aromatic heterocycles. The molecule has 0 aliphatic rings. The molecule has 2 atom stereocenters. The van der Waals surface area contributed by atoms with Crippen LogP contribution in [-0.2, 0) is 9.59 Å². The number of aliphatic carboxylic acids is 1. The summed E-state index contributed by atoms with van der Waals surface area (Å²) in [6, 6.07) is -0.291. The van der Waals surface area contributed by atoms with Gasteiger partial charge in [-0.15, -0.1) is 0 Å². The van der Waals surface area contributed by atoms with Crippen molar-refractivity contribution in [3.63, 3.8) is 0 Å². The van der Waals surface area contributed by atoms with Crippen molar-refractivity contribution in [3.05, 3.63) is 0 Å². The fourth-order valence-electron chi connectivity index (χ4n) is 2.15. The lowest BCUT2D eigenvalue weighted by molar-refractivity contribution is -0.142. The maximum Gasteiger partial charge on any atom is 0.305 e. The molecule has 0 aromatic carbocycles. The number of amides is 1. The lowest BCUT2D eigenvalue weighted by Gasteiger charge is -2.31. The Bertz CT molecular complexity index is 279. The number of hydrogen-bond donors (Lipinski definition) is 2. The van der Waals surface area contributed by atoms with Crippen molar-refractivity contribution in [1.29, 1.82) is 0 Å². The van der Waals surface area contributed by atoms with Gasteiger partial charge in [-0.05, 0) is 26.2 Å². The van der Waals surface area contributed by atoms with Gasteiger partial charge in [0.05, 0.1) is 12.3 Å². The van der Waals surface area contributed by atoms with Crippen LogP contribution in [0.25, 0.3) is 0 Å². The second kappa shape index (κ2) is 8.08. The second-order valence-electron chi connectivity index (χ2n) is 5.13. The van der Waals surface area contributed by atoms with Gasteiger partial charge in [-0.1, -0.05) is 13.8 Å². The number of hydrogen-bond acceptors (Lipinski definition) is 3. The Hall–Kier alpha value is -1.10. The average Bonchev–Trinajstić information content (AvgIpc) is 2.25. The van der Waals surface area contributed by atoms with Crippen molar-refractivity contribution in [2.75, 3.05) is 13.1 Å².